The monoisotopic (exact) mass is 630 g/mol. The molecule has 0 saturated carbocycles. The highest BCUT2D eigenvalue weighted by Crippen LogP contribution is 2.42. The molecule has 9 nitrogen and oxygen atoms in total. The number of hydrogen-bond donors (Lipinski definition) is 3. The van der Waals surface area contributed by atoms with E-state index in [0.717, 1.165) is 59.9 Å². The van der Waals surface area contributed by atoms with Crippen LogP contribution in [0.3, 0.4) is 0 Å². The molecule has 0 fully saturated rings. The lowest BCUT2D eigenvalue weighted by Gasteiger charge is -2.28. The molecule has 2 amide bonds. The zero-order valence-corrected chi connectivity index (χ0v) is 26.5. The van der Waals surface area contributed by atoms with Gasteiger partial charge in [-0.1, -0.05) is 30.8 Å². The summed E-state index contributed by atoms with van der Waals surface area (Å²) >= 11 is 2.59. The third-order valence-electron chi connectivity index (χ3n) is 7.59. The normalized spacial score (nSPS) is 16.1. The topological polar surface area (TPSA) is 133 Å². The Hall–Kier alpha value is -4.27. The third-order valence-corrected chi connectivity index (χ3v) is 9.82. The lowest BCUT2D eigenvalue weighted by atomic mass is 9.85. The molecule has 1 atom stereocenters. The maximum absolute atomic E-state index is 13.6. The van der Waals surface area contributed by atoms with Crippen LogP contribution in [0.1, 0.15) is 71.7 Å². The molecule has 1 unspecified atom stereocenters. The van der Waals surface area contributed by atoms with Crippen LogP contribution in [0.2, 0.25) is 0 Å². The predicted octanol–water partition coefficient (Wildman–Crippen LogP) is 6.67. The van der Waals surface area contributed by atoms with Crippen LogP contribution in [0.15, 0.2) is 69.0 Å². The Bertz CT molecular complexity index is 1660. The van der Waals surface area contributed by atoms with E-state index >= 15 is 0 Å². The molecule has 0 bridgehead atoms. The number of nitriles is 1. The Kier molecular flexibility index (Phi) is 9.92. The first-order chi connectivity index (χ1) is 21.3. The summed E-state index contributed by atoms with van der Waals surface area (Å²) in [5, 5.41) is 20.3. The molecule has 3 aromatic rings. The number of rotatable bonds is 10. The first kappa shape index (κ1) is 31.2. The lowest BCUT2D eigenvalue weighted by molar-refractivity contribution is -0.114. The van der Waals surface area contributed by atoms with Crippen molar-refractivity contribution < 1.29 is 23.5 Å². The van der Waals surface area contributed by atoms with E-state index in [2.05, 4.69) is 28.9 Å². The quantitative estimate of drug-likeness (QED) is 0.212. The van der Waals surface area contributed by atoms with Gasteiger partial charge >= 0.3 is 5.97 Å². The molecule has 0 saturated heterocycles. The number of thioether (sulfide) groups is 1. The number of allylic oxidation sites excluding steroid dienone is 2. The van der Waals surface area contributed by atoms with Gasteiger partial charge in [0, 0.05) is 16.3 Å². The summed E-state index contributed by atoms with van der Waals surface area (Å²) in [7, 11) is 0. The van der Waals surface area contributed by atoms with Gasteiger partial charge in [-0.25, -0.2) is 4.79 Å². The minimum absolute atomic E-state index is 0.0260. The summed E-state index contributed by atoms with van der Waals surface area (Å²) in [4.78, 5) is 40.7. The van der Waals surface area contributed by atoms with Gasteiger partial charge in [-0.15, -0.1) is 11.3 Å². The summed E-state index contributed by atoms with van der Waals surface area (Å²) in [5.41, 5.74) is 4.40. The highest BCUT2D eigenvalue weighted by atomic mass is 32.2. The number of thiophene rings is 1. The Morgan fingerprint density at radius 2 is 1.91 bits per heavy atom. The van der Waals surface area contributed by atoms with Crippen molar-refractivity contribution in [2.75, 3.05) is 23.0 Å². The molecule has 5 rings (SSSR count). The summed E-state index contributed by atoms with van der Waals surface area (Å²) in [6.07, 6.45) is 6.09. The molecular weight excluding hydrogens is 597 g/mol. The van der Waals surface area contributed by atoms with Gasteiger partial charge in [0.2, 0.25) is 5.91 Å². The number of nitrogens with one attached hydrogen (secondary N) is 3. The third kappa shape index (κ3) is 6.61. The standard InChI is InChI=1S/C33H34N4O5S2/c1-4-20-12-14-21(15-13-20)36-30(39)27-19(3)35-31(23(17-34)28(27)24-10-8-16-42-24)43-18-26(38)37-32-29(33(40)41-5-2)22-9-6-7-11-25(22)44-32/h8,10,12-16,28,35H,4-7,9,11,18H2,1-3H3,(H,36,39)(H,37,38). The highest BCUT2D eigenvalue weighted by molar-refractivity contribution is 8.03. The summed E-state index contributed by atoms with van der Waals surface area (Å²) in [5.74, 6) is -1.45. The van der Waals surface area contributed by atoms with Gasteiger partial charge in [0.25, 0.3) is 5.91 Å². The van der Waals surface area contributed by atoms with Crippen LogP contribution in [0, 0.1) is 11.3 Å². The number of aryl methyl sites for hydroxylation is 2. The largest absolute Gasteiger partial charge is 0.468 e. The predicted molar refractivity (Wildman–Crippen MR) is 172 cm³/mol. The maximum atomic E-state index is 13.6. The van der Waals surface area contributed by atoms with E-state index in [0.29, 0.717) is 38.3 Å². The van der Waals surface area contributed by atoms with E-state index in [-0.39, 0.29) is 29.7 Å². The van der Waals surface area contributed by atoms with Crippen molar-refractivity contribution in [1.82, 2.24) is 5.32 Å². The fraction of sp³-hybridized carbons (Fsp3) is 0.333. The fourth-order valence-corrected chi connectivity index (χ4v) is 7.65. The first-order valence-corrected chi connectivity index (χ1v) is 16.4. The van der Waals surface area contributed by atoms with Gasteiger partial charge in [0.1, 0.15) is 10.8 Å². The van der Waals surface area contributed by atoms with Crippen LogP contribution >= 0.6 is 23.1 Å². The SMILES string of the molecule is CCOC(=O)c1c(NC(=O)CSC2=C(C#N)C(c3ccco3)C(C(=O)Nc3ccc(CC)cc3)=C(C)N2)sc2c1CCCC2. The summed E-state index contributed by atoms with van der Waals surface area (Å²) < 4.78 is 11.0. The Labute approximate surface area is 264 Å². The molecule has 0 radical (unpaired) electrons. The van der Waals surface area contributed by atoms with Gasteiger partial charge in [-0.3, -0.25) is 9.59 Å². The van der Waals surface area contributed by atoms with Crippen LogP contribution in [0.5, 0.6) is 0 Å². The van der Waals surface area contributed by atoms with Crippen LogP contribution in [-0.4, -0.2) is 30.1 Å². The number of furan rings is 1. The number of dihydropyridines is 1. The molecule has 3 N–H and O–H groups in total. The zero-order valence-electron chi connectivity index (χ0n) is 24.9. The average Bonchev–Trinajstić information content (AvgIpc) is 3.68. The number of esters is 1. The smallest absolute Gasteiger partial charge is 0.341 e. The van der Waals surface area contributed by atoms with Crippen molar-refractivity contribution in [2.24, 2.45) is 0 Å². The van der Waals surface area contributed by atoms with Crippen molar-refractivity contribution in [3.8, 4) is 6.07 Å². The molecular formula is C33H34N4O5S2. The van der Waals surface area contributed by atoms with E-state index in [1.165, 1.54) is 17.6 Å². The number of hydrogen-bond acceptors (Lipinski definition) is 9. The number of benzene rings is 1. The van der Waals surface area contributed by atoms with Crippen LogP contribution < -0.4 is 16.0 Å². The second-order valence-electron chi connectivity index (χ2n) is 10.4. The zero-order chi connectivity index (χ0) is 31.2. The van der Waals surface area contributed by atoms with E-state index in [4.69, 9.17) is 9.15 Å². The number of carbonyl (C=O) groups excluding carboxylic acids is 3. The van der Waals surface area contributed by atoms with E-state index in [1.807, 2.05) is 24.3 Å². The van der Waals surface area contributed by atoms with E-state index in [1.54, 1.807) is 26.0 Å². The van der Waals surface area contributed by atoms with Crippen molar-refractivity contribution >= 4 is 51.6 Å². The molecule has 228 valence electrons. The van der Waals surface area contributed by atoms with Crippen molar-refractivity contribution in [3.63, 3.8) is 0 Å². The molecule has 1 aliphatic heterocycles. The lowest BCUT2D eigenvalue weighted by Crippen LogP contribution is -2.31. The minimum Gasteiger partial charge on any atom is -0.468 e. The minimum atomic E-state index is -0.767. The van der Waals surface area contributed by atoms with Crippen LogP contribution in [0.25, 0.3) is 0 Å². The summed E-state index contributed by atoms with van der Waals surface area (Å²) in [6, 6.07) is 13.3. The van der Waals surface area contributed by atoms with Crippen LogP contribution in [-0.2, 0) is 33.6 Å². The van der Waals surface area contributed by atoms with Gasteiger partial charge in [0.05, 0.1) is 52.3 Å². The molecule has 2 aliphatic rings. The number of fused-ring (bicyclic) bond motifs is 1. The molecule has 11 heteroatoms. The fourth-order valence-electron chi connectivity index (χ4n) is 5.46. The van der Waals surface area contributed by atoms with Crippen molar-refractivity contribution in [2.45, 2.75) is 58.8 Å². The summed E-state index contributed by atoms with van der Waals surface area (Å²) in [6.45, 7) is 5.84. The number of nitrogens with zero attached hydrogens (tertiary/aromatic N) is 1. The molecule has 2 aromatic heterocycles. The average molecular weight is 631 g/mol. The first-order valence-electron chi connectivity index (χ1n) is 14.6. The van der Waals surface area contributed by atoms with Gasteiger partial charge in [-0.2, -0.15) is 5.26 Å². The van der Waals surface area contributed by atoms with Crippen molar-refractivity contribution in [3.05, 3.63) is 91.9 Å². The van der Waals surface area contributed by atoms with E-state index in [9.17, 15) is 19.6 Å². The number of amides is 2. The second-order valence-corrected chi connectivity index (χ2v) is 12.5. The maximum Gasteiger partial charge on any atom is 0.341 e. The van der Waals surface area contributed by atoms with Crippen molar-refractivity contribution in [1.29, 1.82) is 5.26 Å². The van der Waals surface area contributed by atoms with Gasteiger partial charge in [-0.05, 0) is 81.3 Å². The second kappa shape index (κ2) is 14.0. The highest BCUT2D eigenvalue weighted by Gasteiger charge is 2.37. The van der Waals surface area contributed by atoms with E-state index < -0.39 is 11.9 Å². The Morgan fingerprint density at radius 3 is 2.59 bits per heavy atom. The number of carbonyl (C=O) groups is 3. The molecule has 1 aliphatic carbocycles. The Balaban J connectivity index is 1.36. The van der Waals surface area contributed by atoms with Crippen LogP contribution in [0.4, 0.5) is 10.7 Å². The molecule has 0 spiro atoms. The Morgan fingerprint density at radius 1 is 1.14 bits per heavy atom. The van der Waals surface area contributed by atoms with Gasteiger partial charge in [0.15, 0.2) is 0 Å². The van der Waals surface area contributed by atoms with Gasteiger partial charge < -0.3 is 25.1 Å². The molecule has 3 heterocycles. The molecule has 44 heavy (non-hydrogen) atoms. The molecule has 1 aromatic carbocycles. The number of ether oxygens (including phenoxy) is 1. The number of anilines is 2.